The number of aromatic amines is 1. The molecule has 1 aromatic heterocycles. The molecule has 2 aromatic carbocycles. The molecule has 0 fully saturated rings. The SMILES string of the molecule is O=C([O-])c1ccc2nc(-c3ccc(N(CCO)CCO)cc3)[nH]c2c1. The van der Waals surface area contributed by atoms with Gasteiger partial charge in [-0.25, -0.2) is 4.98 Å². The van der Waals surface area contributed by atoms with Gasteiger partial charge in [0.1, 0.15) is 5.82 Å². The average molecular weight is 340 g/mol. The molecule has 3 N–H and O–H groups in total. The monoisotopic (exact) mass is 340 g/mol. The number of benzene rings is 2. The number of aliphatic hydroxyl groups is 2. The highest BCUT2D eigenvalue weighted by Crippen LogP contribution is 2.24. The minimum atomic E-state index is -1.23. The number of fused-ring (bicyclic) bond motifs is 1. The number of aliphatic hydroxyl groups excluding tert-OH is 2. The summed E-state index contributed by atoms with van der Waals surface area (Å²) in [4.78, 5) is 20.4. The maximum Gasteiger partial charge on any atom is 0.138 e. The summed E-state index contributed by atoms with van der Waals surface area (Å²) in [6, 6.07) is 12.1. The van der Waals surface area contributed by atoms with E-state index in [0.717, 1.165) is 11.3 Å². The number of carboxylic acid groups (broad SMARTS) is 1. The van der Waals surface area contributed by atoms with E-state index in [4.69, 9.17) is 10.2 Å². The number of rotatable bonds is 7. The lowest BCUT2D eigenvalue weighted by molar-refractivity contribution is -0.255. The molecule has 3 rings (SSSR count). The van der Waals surface area contributed by atoms with Gasteiger partial charge >= 0.3 is 0 Å². The van der Waals surface area contributed by atoms with E-state index in [9.17, 15) is 9.90 Å². The van der Waals surface area contributed by atoms with Gasteiger partial charge in [-0.3, -0.25) is 0 Å². The second kappa shape index (κ2) is 7.33. The number of carbonyl (C=O) groups is 1. The van der Waals surface area contributed by atoms with Crippen molar-refractivity contribution in [1.29, 1.82) is 0 Å². The highest BCUT2D eigenvalue weighted by molar-refractivity contribution is 5.91. The first kappa shape index (κ1) is 16.9. The van der Waals surface area contributed by atoms with Gasteiger partial charge in [0.2, 0.25) is 0 Å². The van der Waals surface area contributed by atoms with Crippen LogP contribution >= 0.6 is 0 Å². The van der Waals surface area contributed by atoms with Crippen molar-refractivity contribution in [3.8, 4) is 11.4 Å². The van der Waals surface area contributed by atoms with E-state index in [1.54, 1.807) is 6.07 Å². The molecule has 130 valence electrons. The Morgan fingerprint density at radius 1 is 1.08 bits per heavy atom. The Balaban J connectivity index is 1.89. The van der Waals surface area contributed by atoms with E-state index in [1.807, 2.05) is 29.2 Å². The van der Waals surface area contributed by atoms with Crippen LogP contribution in [0.5, 0.6) is 0 Å². The number of nitrogens with one attached hydrogen (secondary N) is 1. The second-order valence-corrected chi connectivity index (χ2v) is 5.59. The molecule has 3 aromatic rings. The molecule has 0 bridgehead atoms. The van der Waals surface area contributed by atoms with Crippen LogP contribution in [0.1, 0.15) is 10.4 Å². The van der Waals surface area contributed by atoms with Crippen molar-refractivity contribution >= 4 is 22.7 Å². The predicted molar refractivity (Wildman–Crippen MR) is 92.2 cm³/mol. The van der Waals surface area contributed by atoms with Gasteiger partial charge in [-0.15, -0.1) is 0 Å². The smallest absolute Gasteiger partial charge is 0.138 e. The Morgan fingerprint density at radius 2 is 1.76 bits per heavy atom. The molecule has 1 heterocycles. The molecular weight excluding hydrogens is 322 g/mol. The molecule has 0 aliphatic carbocycles. The summed E-state index contributed by atoms with van der Waals surface area (Å²) in [7, 11) is 0. The number of hydrogen-bond acceptors (Lipinski definition) is 6. The van der Waals surface area contributed by atoms with E-state index >= 15 is 0 Å². The molecule has 0 saturated heterocycles. The molecule has 0 aliphatic rings. The van der Waals surface area contributed by atoms with Gasteiger partial charge in [0.25, 0.3) is 0 Å². The molecule has 0 atom stereocenters. The molecular formula is C18H18N3O4-. The lowest BCUT2D eigenvalue weighted by Gasteiger charge is -2.22. The van der Waals surface area contributed by atoms with Crippen LogP contribution in [-0.2, 0) is 0 Å². The van der Waals surface area contributed by atoms with E-state index in [0.29, 0.717) is 29.9 Å². The molecule has 7 heteroatoms. The Bertz CT molecular complexity index is 868. The molecule has 7 nitrogen and oxygen atoms in total. The minimum Gasteiger partial charge on any atom is -0.545 e. The maximum atomic E-state index is 10.9. The van der Waals surface area contributed by atoms with Gasteiger partial charge in [-0.2, -0.15) is 0 Å². The number of imidazole rings is 1. The number of hydrogen-bond donors (Lipinski definition) is 3. The first-order chi connectivity index (χ1) is 12.1. The Kier molecular flexibility index (Phi) is 4.97. The molecule has 0 spiro atoms. The molecule has 0 radical (unpaired) electrons. The molecule has 25 heavy (non-hydrogen) atoms. The van der Waals surface area contributed by atoms with Crippen LogP contribution in [-0.4, -0.2) is 52.5 Å². The van der Waals surface area contributed by atoms with Crippen molar-refractivity contribution in [3.63, 3.8) is 0 Å². The third-order valence-corrected chi connectivity index (χ3v) is 3.96. The van der Waals surface area contributed by atoms with Crippen LogP contribution in [0.15, 0.2) is 42.5 Å². The second-order valence-electron chi connectivity index (χ2n) is 5.59. The van der Waals surface area contributed by atoms with E-state index in [-0.39, 0.29) is 18.8 Å². The summed E-state index contributed by atoms with van der Waals surface area (Å²) in [6.45, 7) is 0.894. The lowest BCUT2D eigenvalue weighted by atomic mass is 10.2. The Labute approximate surface area is 144 Å². The fourth-order valence-electron chi connectivity index (χ4n) is 2.71. The summed E-state index contributed by atoms with van der Waals surface area (Å²) < 4.78 is 0. The first-order valence-electron chi connectivity index (χ1n) is 7.90. The minimum absolute atomic E-state index is 0.00604. The Hall–Kier alpha value is -2.90. The normalized spacial score (nSPS) is 11.0. The lowest BCUT2D eigenvalue weighted by Crippen LogP contribution is -2.29. The highest BCUT2D eigenvalue weighted by Gasteiger charge is 2.09. The van der Waals surface area contributed by atoms with Crippen LogP contribution in [0.3, 0.4) is 0 Å². The largest absolute Gasteiger partial charge is 0.545 e. The summed E-state index contributed by atoms with van der Waals surface area (Å²) in [6.07, 6.45) is 0. The van der Waals surface area contributed by atoms with Gasteiger partial charge in [0.05, 0.1) is 30.2 Å². The van der Waals surface area contributed by atoms with Crippen LogP contribution in [0, 0.1) is 0 Å². The summed E-state index contributed by atoms with van der Waals surface area (Å²) in [5, 5.41) is 29.2. The van der Waals surface area contributed by atoms with E-state index < -0.39 is 5.97 Å². The quantitative estimate of drug-likeness (QED) is 0.573. The zero-order chi connectivity index (χ0) is 17.8. The number of carboxylic acids is 1. The van der Waals surface area contributed by atoms with Crippen LogP contribution < -0.4 is 10.0 Å². The molecule has 0 saturated carbocycles. The van der Waals surface area contributed by atoms with Crippen molar-refractivity contribution in [2.45, 2.75) is 0 Å². The van der Waals surface area contributed by atoms with Gasteiger partial charge in [-0.1, -0.05) is 6.07 Å². The number of aromatic carboxylic acids is 1. The summed E-state index contributed by atoms with van der Waals surface area (Å²) >= 11 is 0. The van der Waals surface area contributed by atoms with Crippen molar-refractivity contribution in [3.05, 3.63) is 48.0 Å². The number of H-pyrrole nitrogens is 1. The fourth-order valence-corrected chi connectivity index (χ4v) is 2.71. The molecule has 0 aliphatic heterocycles. The number of anilines is 1. The summed E-state index contributed by atoms with van der Waals surface area (Å²) in [5.74, 6) is -0.594. The van der Waals surface area contributed by atoms with Crippen molar-refractivity contribution < 1.29 is 20.1 Å². The van der Waals surface area contributed by atoms with Crippen molar-refractivity contribution in [2.24, 2.45) is 0 Å². The third kappa shape index (κ3) is 3.62. The Morgan fingerprint density at radius 3 is 2.36 bits per heavy atom. The fraction of sp³-hybridized carbons (Fsp3) is 0.222. The topological polar surface area (TPSA) is 113 Å². The zero-order valence-corrected chi connectivity index (χ0v) is 13.5. The number of carbonyl (C=O) groups excluding carboxylic acids is 1. The van der Waals surface area contributed by atoms with Gasteiger partial charge in [-0.05, 0) is 42.0 Å². The van der Waals surface area contributed by atoms with Crippen molar-refractivity contribution in [2.75, 3.05) is 31.2 Å². The summed E-state index contributed by atoms with van der Waals surface area (Å²) in [5.41, 5.74) is 3.14. The average Bonchev–Trinajstić information content (AvgIpc) is 3.05. The molecule has 0 amide bonds. The molecule has 0 unspecified atom stereocenters. The number of nitrogens with zero attached hydrogens (tertiary/aromatic N) is 2. The first-order valence-corrected chi connectivity index (χ1v) is 7.90. The van der Waals surface area contributed by atoms with Crippen molar-refractivity contribution in [1.82, 2.24) is 9.97 Å². The standard InChI is InChI=1S/C18H19N3O4/c22-9-7-21(8-10-23)14-4-1-12(2-5-14)17-19-15-6-3-13(18(24)25)11-16(15)20-17/h1-6,11,22-23H,7-10H2,(H,19,20)(H,24,25)/p-1. The van der Waals surface area contributed by atoms with E-state index in [2.05, 4.69) is 9.97 Å². The predicted octanol–water partition coefficient (Wildman–Crippen LogP) is 0.384. The van der Waals surface area contributed by atoms with Crippen LogP contribution in [0.2, 0.25) is 0 Å². The maximum absolute atomic E-state index is 10.9. The highest BCUT2D eigenvalue weighted by atomic mass is 16.4. The van der Waals surface area contributed by atoms with Gasteiger partial charge < -0.3 is 30.0 Å². The third-order valence-electron chi connectivity index (χ3n) is 3.96. The zero-order valence-electron chi connectivity index (χ0n) is 13.5. The van der Waals surface area contributed by atoms with Crippen LogP contribution in [0.25, 0.3) is 22.4 Å². The van der Waals surface area contributed by atoms with Gasteiger partial charge in [0.15, 0.2) is 0 Å². The van der Waals surface area contributed by atoms with Crippen LogP contribution in [0.4, 0.5) is 5.69 Å². The number of aromatic nitrogens is 2. The van der Waals surface area contributed by atoms with Gasteiger partial charge in [0, 0.05) is 24.3 Å². The van der Waals surface area contributed by atoms with E-state index in [1.165, 1.54) is 12.1 Å².